The minimum Gasteiger partial charge on any atom is -0.466 e. The molecular weight excluding hydrogens is 132 g/mol. The summed E-state index contributed by atoms with van der Waals surface area (Å²) in [5.74, 6) is -0.322. The van der Waals surface area contributed by atoms with E-state index >= 15 is 0 Å². The molecule has 1 N–H and O–H groups in total. The Morgan fingerprint density at radius 1 is 1.70 bits per heavy atom. The van der Waals surface area contributed by atoms with E-state index < -0.39 is 6.10 Å². The Bertz CT molecular complexity index is 99.0. The molecule has 0 aliphatic carbocycles. The summed E-state index contributed by atoms with van der Waals surface area (Å²) in [7, 11) is 0. The molecular formula is C7H14O3. The Balaban J connectivity index is 3.26. The number of rotatable bonds is 4. The Morgan fingerprint density at radius 2 is 2.30 bits per heavy atom. The van der Waals surface area contributed by atoms with Gasteiger partial charge in [0, 0.05) is 0 Å². The fourth-order valence-corrected chi connectivity index (χ4v) is 0.516. The SMILES string of the molecule is CCCOC(=O)C[C@H](C)O. The van der Waals surface area contributed by atoms with Gasteiger partial charge in [0.15, 0.2) is 0 Å². The predicted molar refractivity (Wildman–Crippen MR) is 37.5 cm³/mol. The Labute approximate surface area is 61.0 Å². The highest BCUT2D eigenvalue weighted by Crippen LogP contribution is 1.93. The lowest BCUT2D eigenvalue weighted by Crippen LogP contribution is -2.12. The molecule has 3 heteroatoms. The number of aliphatic hydroxyl groups is 1. The van der Waals surface area contributed by atoms with Crippen LogP contribution < -0.4 is 0 Å². The van der Waals surface area contributed by atoms with Gasteiger partial charge in [-0.05, 0) is 13.3 Å². The van der Waals surface area contributed by atoms with Crippen LogP contribution in [0.2, 0.25) is 0 Å². The van der Waals surface area contributed by atoms with Crippen molar-refractivity contribution in [3.8, 4) is 0 Å². The van der Waals surface area contributed by atoms with Crippen molar-refractivity contribution >= 4 is 5.97 Å². The maximum absolute atomic E-state index is 10.6. The molecule has 0 spiro atoms. The highest BCUT2D eigenvalue weighted by molar-refractivity contribution is 5.69. The van der Waals surface area contributed by atoms with Gasteiger partial charge in [-0.2, -0.15) is 0 Å². The largest absolute Gasteiger partial charge is 0.466 e. The van der Waals surface area contributed by atoms with Crippen molar-refractivity contribution in [2.75, 3.05) is 6.61 Å². The molecule has 0 aromatic heterocycles. The van der Waals surface area contributed by atoms with E-state index in [1.807, 2.05) is 6.92 Å². The van der Waals surface area contributed by atoms with Crippen LogP contribution in [0.5, 0.6) is 0 Å². The summed E-state index contributed by atoms with van der Waals surface area (Å²) < 4.78 is 4.70. The first-order valence-electron chi connectivity index (χ1n) is 3.50. The van der Waals surface area contributed by atoms with Crippen LogP contribution in [0.15, 0.2) is 0 Å². The van der Waals surface area contributed by atoms with Crippen molar-refractivity contribution in [3.05, 3.63) is 0 Å². The molecule has 0 aromatic carbocycles. The molecule has 0 radical (unpaired) electrons. The van der Waals surface area contributed by atoms with Gasteiger partial charge >= 0.3 is 5.97 Å². The highest BCUT2D eigenvalue weighted by atomic mass is 16.5. The molecule has 0 bridgehead atoms. The van der Waals surface area contributed by atoms with Crippen molar-refractivity contribution in [2.24, 2.45) is 0 Å². The topological polar surface area (TPSA) is 46.5 Å². The molecule has 0 unspecified atom stereocenters. The third-order valence-electron chi connectivity index (χ3n) is 0.929. The normalized spacial score (nSPS) is 12.7. The Morgan fingerprint density at radius 3 is 2.70 bits per heavy atom. The van der Waals surface area contributed by atoms with E-state index in [2.05, 4.69) is 0 Å². The van der Waals surface area contributed by atoms with Gasteiger partial charge < -0.3 is 9.84 Å². The minimum absolute atomic E-state index is 0.0972. The second-order valence-electron chi connectivity index (χ2n) is 2.27. The fraction of sp³-hybridized carbons (Fsp3) is 0.857. The first kappa shape index (κ1) is 9.43. The van der Waals surface area contributed by atoms with E-state index in [9.17, 15) is 4.79 Å². The van der Waals surface area contributed by atoms with Crippen LogP contribution >= 0.6 is 0 Å². The van der Waals surface area contributed by atoms with Gasteiger partial charge in [0.05, 0.1) is 19.1 Å². The van der Waals surface area contributed by atoms with Crippen molar-refractivity contribution < 1.29 is 14.6 Å². The van der Waals surface area contributed by atoms with Gasteiger partial charge in [-0.3, -0.25) is 4.79 Å². The smallest absolute Gasteiger partial charge is 0.308 e. The van der Waals surface area contributed by atoms with Crippen LogP contribution in [0, 0.1) is 0 Å². The summed E-state index contributed by atoms with van der Waals surface area (Å²) in [6, 6.07) is 0. The van der Waals surface area contributed by atoms with E-state index in [-0.39, 0.29) is 12.4 Å². The maximum atomic E-state index is 10.6. The number of carbonyl (C=O) groups is 1. The second kappa shape index (κ2) is 5.23. The van der Waals surface area contributed by atoms with Crippen LogP contribution in [0.25, 0.3) is 0 Å². The van der Waals surface area contributed by atoms with Gasteiger partial charge in [-0.25, -0.2) is 0 Å². The lowest BCUT2D eigenvalue weighted by Gasteiger charge is -2.03. The Kier molecular flexibility index (Phi) is 4.94. The van der Waals surface area contributed by atoms with Crippen molar-refractivity contribution in [1.29, 1.82) is 0 Å². The van der Waals surface area contributed by atoms with E-state index in [1.165, 1.54) is 0 Å². The zero-order valence-electron chi connectivity index (χ0n) is 6.46. The van der Waals surface area contributed by atoms with Crippen LogP contribution in [0.1, 0.15) is 26.7 Å². The van der Waals surface area contributed by atoms with Crippen LogP contribution in [-0.4, -0.2) is 23.8 Å². The number of hydrogen-bond donors (Lipinski definition) is 1. The molecule has 0 saturated heterocycles. The molecule has 0 saturated carbocycles. The zero-order chi connectivity index (χ0) is 7.98. The van der Waals surface area contributed by atoms with Gasteiger partial charge in [-0.1, -0.05) is 6.92 Å². The summed E-state index contributed by atoms with van der Waals surface area (Å²) in [5.41, 5.74) is 0. The predicted octanol–water partition coefficient (Wildman–Crippen LogP) is 0.710. The molecule has 10 heavy (non-hydrogen) atoms. The minimum atomic E-state index is -0.593. The number of carbonyl (C=O) groups excluding carboxylic acids is 1. The lowest BCUT2D eigenvalue weighted by molar-refractivity contribution is -0.145. The first-order valence-corrected chi connectivity index (χ1v) is 3.50. The molecule has 0 aromatic rings. The molecule has 1 atom stereocenters. The van der Waals surface area contributed by atoms with E-state index in [1.54, 1.807) is 6.92 Å². The van der Waals surface area contributed by atoms with Crippen molar-refractivity contribution in [2.45, 2.75) is 32.8 Å². The molecule has 0 aliphatic heterocycles. The summed E-state index contributed by atoms with van der Waals surface area (Å²) in [6.45, 7) is 3.94. The van der Waals surface area contributed by atoms with Crippen LogP contribution in [-0.2, 0) is 9.53 Å². The van der Waals surface area contributed by atoms with Crippen LogP contribution in [0.4, 0.5) is 0 Å². The van der Waals surface area contributed by atoms with Crippen molar-refractivity contribution in [1.82, 2.24) is 0 Å². The molecule has 3 nitrogen and oxygen atoms in total. The van der Waals surface area contributed by atoms with Gasteiger partial charge in [0.1, 0.15) is 0 Å². The molecule has 0 rings (SSSR count). The molecule has 0 aliphatic rings. The third-order valence-corrected chi connectivity index (χ3v) is 0.929. The number of ether oxygens (including phenoxy) is 1. The average molecular weight is 146 g/mol. The van der Waals surface area contributed by atoms with E-state index in [0.29, 0.717) is 6.61 Å². The highest BCUT2D eigenvalue weighted by Gasteiger charge is 2.05. The summed E-state index contributed by atoms with van der Waals surface area (Å²) >= 11 is 0. The van der Waals surface area contributed by atoms with E-state index in [4.69, 9.17) is 9.84 Å². The molecule has 0 amide bonds. The molecule has 0 heterocycles. The third kappa shape index (κ3) is 5.56. The number of aliphatic hydroxyl groups excluding tert-OH is 1. The average Bonchev–Trinajstić information content (AvgIpc) is 1.82. The maximum Gasteiger partial charge on any atom is 0.308 e. The van der Waals surface area contributed by atoms with Gasteiger partial charge in [0.2, 0.25) is 0 Å². The van der Waals surface area contributed by atoms with Gasteiger partial charge in [-0.15, -0.1) is 0 Å². The lowest BCUT2D eigenvalue weighted by atomic mass is 10.3. The van der Waals surface area contributed by atoms with Crippen molar-refractivity contribution in [3.63, 3.8) is 0 Å². The quantitative estimate of drug-likeness (QED) is 0.594. The monoisotopic (exact) mass is 146 g/mol. The number of esters is 1. The standard InChI is InChI=1S/C7H14O3/c1-3-4-10-7(9)5-6(2)8/h6,8H,3-5H2,1-2H3/t6-/m0/s1. The van der Waals surface area contributed by atoms with E-state index in [0.717, 1.165) is 6.42 Å². The molecule has 60 valence electrons. The number of hydrogen-bond acceptors (Lipinski definition) is 3. The first-order chi connectivity index (χ1) is 4.66. The summed E-state index contributed by atoms with van der Waals surface area (Å²) in [5, 5.41) is 8.72. The second-order valence-corrected chi connectivity index (χ2v) is 2.27. The summed E-state index contributed by atoms with van der Waals surface area (Å²) in [6.07, 6.45) is 0.329. The molecule has 0 fully saturated rings. The van der Waals surface area contributed by atoms with Crippen LogP contribution in [0.3, 0.4) is 0 Å². The van der Waals surface area contributed by atoms with Gasteiger partial charge in [0.25, 0.3) is 0 Å². The fourth-order valence-electron chi connectivity index (χ4n) is 0.516. The summed E-state index contributed by atoms with van der Waals surface area (Å²) in [4.78, 5) is 10.6. The Hall–Kier alpha value is -0.570. The zero-order valence-corrected chi connectivity index (χ0v) is 6.46.